The molecule has 0 spiro atoms. The zero-order valence-corrected chi connectivity index (χ0v) is 10.3. The summed E-state index contributed by atoms with van der Waals surface area (Å²) in [4.78, 5) is 14.4. The first-order chi connectivity index (χ1) is 8.75. The normalized spacial score (nSPS) is 26.6. The van der Waals surface area contributed by atoms with Gasteiger partial charge in [-0.25, -0.2) is 0 Å². The highest BCUT2D eigenvalue weighted by Crippen LogP contribution is 2.34. The lowest BCUT2D eigenvalue weighted by atomic mass is 9.98. The second kappa shape index (κ2) is 4.61. The average molecular weight is 246 g/mol. The molecule has 1 aromatic rings. The van der Waals surface area contributed by atoms with Gasteiger partial charge in [0.1, 0.15) is 18.3 Å². The highest BCUT2D eigenvalue weighted by atomic mass is 16.5. The summed E-state index contributed by atoms with van der Waals surface area (Å²) in [7, 11) is 0. The number of carbonyl (C=O) groups is 1. The minimum Gasteiger partial charge on any atom is -0.492 e. The van der Waals surface area contributed by atoms with Gasteiger partial charge in [-0.2, -0.15) is 0 Å². The molecule has 1 aromatic carbocycles. The lowest BCUT2D eigenvalue weighted by Gasteiger charge is -2.32. The number of benzene rings is 1. The van der Waals surface area contributed by atoms with Crippen molar-refractivity contribution in [1.82, 2.24) is 4.90 Å². The topological polar surface area (TPSA) is 55.6 Å². The molecule has 4 heteroatoms. The number of hydrogen-bond donors (Lipinski definition) is 1. The van der Waals surface area contributed by atoms with Gasteiger partial charge in [0.2, 0.25) is 5.91 Å². The molecule has 1 saturated heterocycles. The third kappa shape index (κ3) is 1.97. The Balaban J connectivity index is 1.78. The van der Waals surface area contributed by atoms with Crippen molar-refractivity contribution in [3.63, 3.8) is 0 Å². The van der Waals surface area contributed by atoms with Gasteiger partial charge in [0.25, 0.3) is 0 Å². The molecule has 0 radical (unpaired) electrons. The first-order valence-electron chi connectivity index (χ1n) is 6.52. The molecule has 2 N–H and O–H groups in total. The summed E-state index contributed by atoms with van der Waals surface area (Å²) in [6, 6.07) is 7.91. The van der Waals surface area contributed by atoms with Crippen LogP contribution in [0.15, 0.2) is 24.3 Å². The number of ether oxygens (including phenoxy) is 1. The van der Waals surface area contributed by atoms with Crippen LogP contribution in [0.3, 0.4) is 0 Å². The number of amides is 1. The van der Waals surface area contributed by atoms with E-state index < -0.39 is 0 Å². The second-order valence-corrected chi connectivity index (χ2v) is 5.09. The van der Waals surface area contributed by atoms with Gasteiger partial charge < -0.3 is 15.4 Å². The van der Waals surface area contributed by atoms with Crippen molar-refractivity contribution < 1.29 is 9.53 Å². The third-order valence-corrected chi connectivity index (χ3v) is 3.77. The maximum absolute atomic E-state index is 12.5. The van der Waals surface area contributed by atoms with Crippen molar-refractivity contribution in [2.75, 3.05) is 19.7 Å². The maximum atomic E-state index is 12.5. The van der Waals surface area contributed by atoms with Crippen molar-refractivity contribution in [2.45, 2.75) is 24.8 Å². The summed E-state index contributed by atoms with van der Waals surface area (Å²) in [5.41, 5.74) is 6.95. The fourth-order valence-corrected chi connectivity index (χ4v) is 2.80. The van der Waals surface area contributed by atoms with Gasteiger partial charge in [0.05, 0.1) is 0 Å². The Morgan fingerprint density at radius 2 is 2.22 bits per heavy atom. The Kier molecular flexibility index (Phi) is 2.96. The van der Waals surface area contributed by atoms with Crippen molar-refractivity contribution in [2.24, 2.45) is 5.73 Å². The van der Waals surface area contributed by atoms with Crippen LogP contribution in [0.25, 0.3) is 0 Å². The van der Waals surface area contributed by atoms with Crippen molar-refractivity contribution in [3.8, 4) is 5.75 Å². The summed E-state index contributed by atoms with van der Waals surface area (Å²) in [5.74, 6) is 0.860. The second-order valence-electron chi connectivity index (χ2n) is 5.09. The summed E-state index contributed by atoms with van der Waals surface area (Å²) in [6.45, 7) is 1.96. The molecule has 2 aliphatic heterocycles. The van der Waals surface area contributed by atoms with E-state index in [1.165, 1.54) is 0 Å². The molecule has 96 valence electrons. The number of para-hydroxylation sites is 1. The molecule has 2 atom stereocenters. The lowest BCUT2D eigenvalue weighted by molar-refractivity contribution is -0.134. The molecule has 2 heterocycles. The fourth-order valence-electron chi connectivity index (χ4n) is 2.80. The monoisotopic (exact) mass is 246 g/mol. The van der Waals surface area contributed by atoms with E-state index in [1.807, 2.05) is 29.2 Å². The van der Waals surface area contributed by atoms with E-state index in [9.17, 15) is 4.79 Å². The van der Waals surface area contributed by atoms with E-state index in [4.69, 9.17) is 10.5 Å². The molecule has 18 heavy (non-hydrogen) atoms. The van der Waals surface area contributed by atoms with Gasteiger partial charge in [-0.15, -0.1) is 0 Å². The molecule has 0 bridgehead atoms. The standard InChI is InChI=1S/C14H18N2O2/c15-10-4-3-7-16(8-10)14(17)12-9-18-13-6-2-1-5-11(12)13/h1-2,5-6,10,12H,3-4,7-9,15H2/t10-,12-/m0/s1. The van der Waals surface area contributed by atoms with E-state index in [-0.39, 0.29) is 17.9 Å². The fraction of sp³-hybridized carbons (Fsp3) is 0.500. The van der Waals surface area contributed by atoms with Gasteiger partial charge >= 0.3 is 0 Å². The number of hydrogen-bond acceptors (Lipinski definition) is 3. The van der Waals surface area contributed by atoms with E-state index in [1.54, 1.807) is 0 Å². The molecule has 0 aliphatic carbocycles. The lowest BCUT2D eigenvalue weighted by Crippen LogP contribution is -2.47. The minimum atomic E-state index is -0.147. The Hall–Kier alpha value is -1.55. The zero-order valence-electron chi connectivity index (χ0n) is 10.3. The van der Waals surface area contributed by atoms with E-state index >= 15 is 0 Å². The molecule has 1 amide bonds. The van der Waals surface area contributed by atoms with Crippen LogP contribution in [0.1, 0.15) is 24.3 Å². The SMILES string of the molecule is N[C@H]1CCCN(C(=O)[C@H]2COc3ccccc32)C1. The summed E-state index contributed by atoms with van der Waals surface area (Å²) >= 11 is 0. The van der Waals surface area contributed by atoms with Gasteiger partial charge in [-0.05, 0) is 18.9 Å². The first kappa shape index (κ1) is 11.5. The Labute approximate surface area is 107 Å². The van der Waals surface area contributed by atoms with Crippen LogP contribution >= 0.6 is 0 Å². The van der Waals surface area contributed by atoms with E-state index in [2.05, 4.69) is 0 Å². The van der Waals surface area contributed by atoms with Gasteiger partial charge in [-0.3, -0.25) is 4.79 Å². The zero-order chi connectivity index (χ0) is 12.5. The number of rotatable bonds is 1. The number of piperidine rings is 1. The highest BCUT2D eigenvalue weighted by Gasteiger charge is 2.34. The molecular formula is C14H18N2O2. The average Bonchev–Trinajstić information content (AvgIpc) is 2.82. The van der Waals surface area contributed by atoms with Gasteiger partial charge in [0.15, 0.2) is 0 Å². The molecule has 0 unspecified atom stereocenters. The molecule has 0 saturated carbocycles. The number of nitrogens with two attached hydrogens (primary N) is 1. The predicted octanol–water partition coefficient (Wildman–Crippen LogP) is 1.11. The van der Waals surface area contributed by atoms with Crippen molar-refractivity contribution in [1.29, 1.82) is 0 Å². The number of likely N-dealkylation sites (tertiary alicyclic amines) is 1. The largest absolute Gasteiger partial charge is 0.492 e. The van der Waals surface area contributed by atoms with Crippen LogP contribution in [-0.2, 0) is 4.79 Å². The number of nitrogens with zero attached hydrogens (tertiary/aromatic N) is 1. The van der Waals surface area contributed by atoms with Gasteiger partial charge in [0, 0.05) is 24.7 Å². The van der Waals surface area contributed by atoms with E-state index in [0.29, 0.717) is 13.2 Å². The molecule has 3 rings (SSSR count). The Bertz CT molecular complexity index is 461. The number of carbonyl (C=O) groups excluding carboxylic acids is 1. The smallest absolute Gasteiger partial charge is 0.233 e. The number of fused-ring (bicyclic) bond motifs is 1. The highest BCUT2D eigenvalue weighted by molar-refractivity contribution is 5.85. The Morgan fingerprint density at radius 1 is 1.39 bits per heavy atom. The summed E-state index contributed by atoms with van der Waals surface area (Å²) in [6.07, 6.45) is 2.02. The molecule has 4 nitrogen and oxygen atoms in total. The molecule has 2 aliphatic rings. The molecular weight excluding hydrogens is 228 g/mol. The first-order valence-corrected chi connectivity index (χ1v) is 6.52. The van der Waals surface area contributed by atoms with Crippen molar-refractivity contribution >= 4 is 5.91 Å². The van der Waals surface area contributed by atoms with Crippen LogP contribution < -0.4 is 10.5 Å². The van der Waals surface area contributed by atoms with Crippen LogP contribution in [-0.4, -0.2) is 36.5 Å². The Morgan fingerprint density at radius 3 is 3.06 bits per heavy atom. The molecule has 0 aromatic heterocycles. The summed E-state index contributed by atoms with van der Waals surface area (Å²) < 4.78 is 5.57. The van der Waals surface area contributed by atoms with Crippen LogP contribution in [0.4, 0.5) is 0 Å². The quantitative estimate of drug-likeness (QED) is 0.807. The van der Waals surface area contributed by atoms with Gasteiger partial charge in [-0.1, -0.05) is 18.2 Å². The summed E-state index contributed by atoms with van der Waals surface area (Å²) in [5, 5.41) is 0. The van der Waals surface area contributed by atoms with Crippen LogP contribution in [0, 0.1) is 0 Å². The third-order valence-electron chi connectivity index (χ3n) is 3.77. The maximum Gasteiger partial charge on any atom is 0.233 e. The van der Waals surface area contributed by atoms with Crippen LogP contribution in [0.5, 0.6) is 5.75 Å². The van der Waals surface area contributed by atoms with Crippen molar-refractivity contribution in [3.05, 3.63) is 29.8 Å². The van der Waals surface area contributed by atoms with E-state index in [0.717, 1.165) is 30.7 Å². The molecule has 1 fully saturated rings. The predicted molar refractivity (Wildman–Crippen MR) is 68.5 cm³/mol. The minimum absolute atomic E-state index is 0.125. The van der Waals surface area contributed by atoms with Crippen LogP contribution in [0.2, 0.25) is 0 Å².